The quantitative estimate of drug-likeness (QED) is 0.492. The number of ether oxygens (including phenoxy) is 1. The molecule has 1 N–H and O–H groups in total. The molecule has 2 heterocycles. The molecule has 2 aliphatic rings. The predicted octanol–water partition coefficient (Wildman–Crippen LogP) is 3.65. The number of carbonyl (C=O) groups excluding carboxylic acids is 1. The lowest BCUT2D eigenvalue weighted by Gasteiger charge is -2.28. The number of nitrogens with zero attached hydrogens (tertiary/aromatic N) is 3. The van der Waals surface area contributed by atoms with Gasteiger partial charge in [-0.2, -0.15) is 5.10 Å². The molecule has 0 saturated heterocycles. The fraction of sp³-hybridized carbons (Fsp3) is 0.400. The van der Waals surface area contributed by atoms with E-state index in [0.717, 1.165) is 37.1 Å². The smallest absolute Gasteiger partial charge is 0.337 e. The topological polar surface area (TPSA) is 99.3 Å². The minimum absolute atomic E-state index is 0.0114. The molecule has 1 fully saturated rings. The summed E-state index contributed by atoms with van der Waals surface area (Å²) in [6.45, 7) is 1.82. The number of nitro groups is 1. The van der Waals surface area contributed by atoms with Crippen molar-refractivity contribution in [3.63, 3.8) is 0 Å². The molecule has 2 aromatic rings. The number of esters is 1. The van der Waals surface area contributed by atoms with Gasteiger partial charge in [-0.1, -0.05) is 12.1 Å². The third-order valence-corrected chi connectivity index (χ3v) is 5.49. The molecule has 8 heteroatoms. The SMILES string of the molecule is CC1=C(C(=O)OC2CCCC2)C(c2cccc([N+](=O)[O-])c2)c2cnn(C)c2N1. The van der Waals surface area contributed by atoms with E-state index in [1.54, 1.807) is 23.0 Å². The van der Waals surface area contributed by atoms with Crippen LogP contribution < -0.4 is 5.32 Å². The number of non-ortho nitro benzene ring substituents is 1. The van der Waals surface area contributed by atoms with Crippen LogP contribution in [-0.2, 0) is 16.6 Å². The fourth-order valence-electron chi connectivity index (χ4n) is 4.09. The molecule has 0 bridgehead atoms. The highest BCUT2D eigenvalue weighted by Gasteiger charge is 2.36. The molecule has 4 rings (SSSR count). The Labute approximate surface area is 162 Å². The van der Waals surface area contributed by atoms with Gasteiger partial charge in [-0.05, 0) is 38.2 Å². The van der Waals surface area contributed by atoms with E-state index in [1.165, 1.54) is 12.1 Å². The summed E-state index contributed by atoms with van der Waals surface area (Å²) in [6.07, 6.45) is 5.52. The van der Waals surface area contributed by atoms with Gasteiger partial charge in [-0.15, -0.1) is 0 Å². The first-order valence-electron chi connectivity index (χ1n) is 9.40. The number of fused-ring (bicyclic) bond motifs is 1. The minimum atomic E-state index is -0.473. The van der Waals surface area contributed by atoms with E-state index in [-0.39, 0.29) is 17.8 Å². The number of aromatic nitrogens is 2. The van der Waals surface area contributed by atoms with Crippen LogP contribution in [-0.4, -0.2) is 26.8 Å². The van der Waals surface area contributed by atoms with Crippen LogP contribution in [0.4, 0.5) is 11.5 Å². The molecule has 1 saturated carbocycles. The second-order valence-electron chi connectivity index (χ2n) is 7.33. The normalized spacial score (nSPS) is 19.3. The number of nitro benzene ring substituents is 1. The van der Waals surface area contributed by atoms with E-state index >= 15 is 0 Å². The van der Waals surface area contributed by atoms with Crippen LogP contribution in [0.5, 0.6) is 0 Å². The number of aryl methyl sites for hydroxylation is 1. The van der Waals surface area contributed by atoms with Crippen LogP contribution >= 0.6 is 0 Å². The lowest BCUT2D eigenvalue weighted by Crippen LogP contribution is -2.27. The van der Waals surface area contributed by atoms with Crippen molar-refractivity contribution in [2.45, 2.75) is 44.6 Å². The summed E-state index contributed by atoms with van der Waals surface area (Å²) in [4.78, 5) is 23.9. The lowest BCUT2D eigenvalue weighted by molar-refractivity contribution is -0.384. The Balaban J connectivity index is 1.79. The van der Waals surface area contributed by atoms with Gasteiger partial charge in [-0.25, -0.2) is 4.79 Å². The van der Waals surface area contributed by atoms with Crippen molar-refractivity contribution >= 4 is 17.5 Å². The zero-order valence-corrected chi connectivity index (χ0v) is 15.8. The third kappa shape index (κ3) is 3.15. The second-order valence-corrected chi connectivity index (χ2v) is 7.33. The van der Waals surface area contributed by atoms with Gasteiger partial charge in [0.2, 0.25) is 0 Å². The number of nitrogens with one attached hydrogen (secondary N) is 1. The van der Waals surface area contributed by atoms with E-state index in [9.17, 15) is 14.9 Å². The maximum Gasteiger partial charge on any atom is 0.337 e. The van der Waals surface area contributed by atoms with E-state index in [0.29, 0.717) is 16.8 Å². The molecular weight excluding hydrogens is 360 g/mol. The summed E-state index contributed by atoms with van der Waals surface area (Å²) in [5.41, 5.74) is 2.61. The maximum atomic E-state index is 13.1. The molecule has 28 heavy (non-hydrogen) atoms. The molecule has 1 aromatic heterocycles. The number of hydrogen-bond donors (Lipinski definition) is 1. The van der Waals surface area contributed by atoms with E-state index in [2.05, 4.69) is 10.4 Å². The van der Waals surface area contributed by atoms with Gasteiger partial charge < -0.3 is 10.1 Å². The highest BCUT2D eigenvalue weighted by Crippen LogP contribution is 2.43. The number of carbonyl (C=O) groups is 1. The summed E-state index contributed by atoms with van der Waals surface area (Å²) < 4.78 is 7.47. The Kier molecular flexibility index (Phi) is 4.62. The molecule has 0 amide bonds. The van der Waals surface area contributed by atoms with Gasteiger partial charge in [0.15, 0.2) is 0 Å². The van der Waals surface area contributed by atoms with Crippen LogP contribution in [0.15, 0.2) is 41.7 Å². The van der Waals surface area contributed by atoms with Crippen molar-refractivity contribution in [3.8, 4) is 0 Å². The van der Waals surface area contributed by atoms with Gasteiger partial charge in [0.25, 0.3) is 5.69 Å². The average molecular weight is 382 g/mol. The Hall–Kier alpha value is -3.16. The van der Waals surface area contributed by atoms with Crippen molar-refractivity contribution in [1.29, 1.82) is 0 Å². The van der Waals surface area contributed by atoms with Crippen molar-refractivity contribution in [2.75, 3.05) is 5.32 Å². The Bertz CT molecular complexity index is 972. The zero-order valence-electron chi connectivity index (χ0n) is 15.8. The van der Waals surface area contributed by atoms with Crippen molar-refractivity contribution < 1.29 is 14.5 Å². The van der Waals surface area contributed by atoms with Gasteiger partial charge in [0.1, 0.15) is 11.9 Å². The average Bonchev–Trinajstić information content (AvgIpc) is 3.31. The van der Waals surface area contributed by atoms with Gasteiger partial charge in [0, 0.05) is 36.4 Å². The second kappa shape index (κ2) is 7.10. The van der Waals surface area contributed by atoms with Gasteiger partial charge >= 0.3 is 5.97 Å². The van der Waals surface area contributed by atoms with E-state index in [4.69, 9.17) is 4.74 Å². The first kappa shape index (κ1) is 18.2. The standard InChI is InChI=1S/C20H22N4O4/c1-12-17(20(25)28-15-8-3-4-9-15)18(16-11-21-23(2)19(16)22-12)13-6-5-7-14(10-13)24(26)27/h5-7,10-11,15,18,22H,3-4,8-9H2,1-2H3. The van der Waals surface area contributed by atoms with Gasteiger partial charge in [-0.3, -0.25) is 14.8 Å². The molecule has 1 aliphatic heterocycles. The molecule has 8 nitrogen and oxygen atoms in total. The largest absolute Gasteiger partial charge is 0.459 e. The number of benzene rings is 1. The van der Waals surface area contributed by atoms with E-state index < -0.39 is 10.8 Å². The summed E-state index contributed by atoms with van der Waals surface area (Å²) in [5.74, 6) is -0.0758. The number of rotatable bonds is 4. The molecule has 0 spiro atoms. The first-order valence-corrected chi connectivity index (χ1v) is 9.40. The van der Waals surface area contributed by atoms with Crippen LogP contribution in [0, 0.1) is 10.1 Å². The molecule has 1 aliphatic carbocycles. The fourth-order valence-corrected chi connectivity index (χ4v) is 4.09. The van der Waals surface area contributed by atoms with Gasteiger partial charge in [0.05, 0.1) is 16.7 Å². The predicted molar refractivity (Wildman–Crippen MR) is 103 cm³/mol. The molecule has 1 aromatic carbocycles. The molecule has 146 valence electrons. The zero-order chi connectivity index (χ0) is 19.8. The summed E-state index contributed by atoms with van der Waals surface area (Å²) in [6, 6.07) is 6.40. The number of allylic oxidation sites excluding steroid dienone is 1. The molecule has 0 radical (unpaired) electrons. The summed E-state index contributed by atoms with van der Waals surface area (Å²) >= 11 is 0. The van der Waals surface area contributed by atoms with Crippen LogP contribution in [0.25, 0.3) is 0 Å². The van der Waals surface area contributed by atoms with E-state index in [1.807, 2.05) is 14.0 Å². The minimum Gasteiger partial charge on any atom is -0.459 e. The number of anilines is 1. The van der Waals surface area contributed by atoms with Crippen molar-refractivity contribution in [1.82, 2.24) is 9.78 Å². The molecular formula is C20H22N4O4. The Morgan fingerprint density at radius 2 is 2.11 bits per heavy atom. The first-order chi connectivity index (χ1) is 13.5. The highest BCUT2D eigenvalue weighted by atomic mass is 16.6. The van der Waals surface area contributed by atoms with Crippen molar-refractivity contribution in [2.24, 2.45) is 7.05 Å². The number of hydrogen-bond acceptors (Lipinski definition) is 6. The monoisotopic (exact) mass is 382 g/mol. The Morgan fingerprint density at radius 1 is 1.36 bits per heavy atom. The lowest BCUT2D eigenvalue weighted by atomic mass is 9.82. The third-order valence-electron chi connectivity index (χ3n) is 5.49. The van der Waals surface area contributed by atoms with Crippen LogP contribution in [0.2, 0.25) is 0 Å². The van der Waals surface area contributed by atoms with Crippen LogP contribution in [0.3, 0.4) is 0 Å². The highest BCUT2D eigenvalue weighted by molar-refractivity contribution is 5.94. The Morgan fingerprint density at radius 3 is 2.82 bits per heavy atom. The summed E-state index contributed by atoms with van der Waals surface area (Å²) in [5, 5.41) is 18.8. The molecule has 1 unspecified atom stereocenters. The summed E-state index contributed by atoms with van der Waals surface area (Å²) in [7, 11) is 1.81. The van der Waals surface area contributed by atoms with Crippen LogP contribution in [0.1, 0.15) is 49.7 Å². The maximum absolute atomic E-state index is 13.1. The van der Waals surface area contributed by atoms with Crippen molar-refractivity contribution in [3.05, 3.63) is 63.0 Å². The molecule has 1 atom stereocenters.